The third-order valence-corrected chi connectivity index (χ3v) is 3.00. The van der Waals surface area contributed by atoms with E-state index in [1.807, 2.05) is 0 Å². The first-order valence-corrected chi connectivity index (χ1v) is 6.06. The van der Waals surface area contributed by atoms with Gasteiger partial charge < -0.3 is 11.1 Å². The summed E-state index contributed by atoms with van der Waals surface area (Å²) in [7, 11) is 5.48. The van der Waals surface area contributed by atoms with E-state index in [0.717, 1.165) is 58.3 Å². The van der Waals surface area contributed by atoms with Gasteiger partial charge in [-0.1, -0.05) is 19.2 Å². The van der Waals surface area contributed by atoms with E-state index >= 15 is 0 Å². The summed E-state index contributed by atoms with van der Waals surface area (Å²) in [6.45, 7) is 7.62. The second-order valence-electron chi connectivity index (χ2n) is 4.93. The molecule has 1 atom stereocenters. The zero-order chi connectivity index (χ0) is 11.1. The van der Waals surface area contributed by atoms with Crippen LogP contribution < -0.4 is 11.1 Å². The van der Waals surface area contributed by atoms with Crippen LogP contribution in [0.2, 0.25) is 6.32 Å². The maximum absolute atomic E-state index is 6.29. The molecule has 0 saturated carbocycles. The lowest BCUT2D eigenvalue weighted by Crippen LogP contribution is -2.53. The monoisotopic (exact) mass is 209 g/mol. The molecule has 1 aliphatic heterocycles. The molecule has 1 unspecified atom stereocenters. The summed E-state index contributed by atoms with van der Waals surface area (Å²) in [6, 6.07) is 0. The maximum atomic E-state index is 6.29. The second kappa shape index (κ2) is 6.51. The van der Waals surface area contributed by atoms with Gasteiger partial charge in [-0.2, -0.15) is 0 Å². The van der Waals surface area contributed by atoms with E-state index in [1.54, 1.807) is 0 Å². The topological polar surface area (TPSA) is 41.3 Å². The third-order valence-electron chi connectivity index (χ3n) is 3.00. The van der Waals surface area contributed by atoms with Gasteiger partial charge in [-0.15, -0.1) is 0 Å². The molecule has 0 bridgehead atoms. The molecule has 0 spiro atoms. The van der Waals surface area contributed by atoms with Gasteiger partial charge in [-0.3, -0.25) is 4.90 Å². The van der Waals surface area contributed by atoms with Crippen LogP contribution in [0.25, 0.3) is 0 Å². The van der Waals surface area contributed by atoms with Gasteiger partial charge in [0.05, 0.1) is 7.85 Å². The highest BCUT2D eigenvalue weighted by atomic mass is 15.2. The predicted octanol–water partition coefficient (Wildman–Crippen LogP) is 0.366. The van der Waals surface area contributed by atoms with Crippen molar-refractivity contribution in [2.45, 2.75) is 38.0 Å². The summed E-state index contributed by atoms with van der Waals surface area (Å²) >= 11 is 0. The van der Waals surface area contributed by atoms with Crippen LogP contribution in [0.1, 0.15) is 26.2 Å². The van der Waals surface area contributed by atoms with Crippen LogP contribution in [0.15, 0.2) is 0 Å². The normalized spacial score (nSPS) is 22.5. The molecule has 0 aromatic heterocycles. The van der Waals surface area contributed by atoms with Gasteiger partial charge in [0.2, 0.25) is 0 Å². The summed E-state index contributed by atoms with van der Waals surface area (Å²) in [5, 5.41) is 3.35. The van der Waals surface area contributed by atoms with Crippen LogP contribution in [0.3, 0.4) is 0 Å². The van der Waals surface area contributed by atoms with E-state index in [4.69, 9.17) is 13.6 Å². The van der Waals surface area contributed by atoms with Crippen LogP contribution in [-0.2, 0) is 0 Å². The lowest BCUT2D eigenvalue weighted by atomic mass is 9.91. The van der Waals surface area contributed by atoms with Gasteiger partial charge in [0.15, 0.2) is 0 Å². The minimum Gasteiger partial charge on any atom is -0.324 e. The van der Waals surface area contributed by atoms with E-state index in [9.17, 15) is 0 Å². The van der Waals surface area contributed by atoms with Gasteiger partial charge >= 0.3 is 0 Å². The van der Waals surface area contributed by atoms with Gasteiger partial charge in [-0.25, -0.2) is 0 Å². The van der Waals surface area contributed by atoms with E-state index in [0.29, 0.717) is 0 Å². The molecule has 2 radical (unpaired) electrons. The molecule has 0 aliphatic carbocycles. The molecule has 3 N–H and O–H groups in total. The fraction of sp³-hybridized carbons (Fsp3) is 1.00. The molecule has 4 heteroatoms. The number of nitrogens with two attached hydrogens (primary N) is 1. The molecule has 15 heavy (non-hydrogen) atoms. The van der Waals surface area contributed by atoms with Crippen LogP contribution in [-0.4, -0.2) is 51.0 Å². The van der Waals surface area contributed by atoms with Crippen molar-refractivity contribution in [3.63, 3.8) is 0 Å². The van der Waals surface area contributed by atoms with Crippen molar-refractivity contribution < 1.29 is 0 Å². The lowest BCUT2D eigenvalue weighted by Gasteiger charge is -2.35. The van der Waals surface area contributed by atoms with Crippen LogP contribution >= 0.6 is 0 Å². The van der Waals surface area contributed by atoms with Crippen molar-refractivity contribution in [1.29, 1.82) is 0 Å². The first-order chi connectivity index (χ1) is 7.14. The molecule has 1 fully saturated rings. The Bertz CT molecular complexity index is 167. The molecule has 0 aromatic carbocycles. The van der Waals surface area contributed by atoms with Crippen LogP contribution in [0, 0.1) is 0 Å². The summed E-state index contributed by atoms with van der Waals surface area (Å²) in [5.41, 5.74) is 6.24. The Hall–Kier alpha value is -0.0551. The Morgan fingerprint density at radius 2 is 2.00 bits per heavy atom. The summed E-state index contributed by atoms with van der Waals surface area (Å²) in [6.07, 6.45) is 4.10. The molecule has 1 aliphatic rings. The molecule has 1 saturated heterocycles. The lowest BCUT2D eigenvalue weighted by molar-refractivity contribution is 0.187. The van der Waals surface area contributed by atoms with E-state index in [2.05, 4.69) is 17.1 Å². The fourth-order valence-corrected chi connectivity index (χ4v) is 2.13. The molecule has 1 rings (SSSR count). The quantitative estimate of drug-likeness (QED) is 0.490. The minimum atomic E-state index is -0.0491. The molecule has 3 nitrogen and oxygen atoms in total. The zero-order valence-electron chi connectivity index (χ0n) is 9.97. The molecule has 0 aromatic rings. The SMILES string of the molecule is [B]CCCCC(C)(N)CN1CCNCC1. The van der Waals surface area contributed by atoms with Crippen molar-refractivity contribution in [3.05, 3.63) is 0 Å². The first kappa shape index (κ1) is 13.0. The number of rotatable bonds is 6. The minimum absolute atomic E-state index is 0.0491. The predicted molar refractivity (Wildman–Crippen MR) is 66.3 cm³/mol. The fourth-order valence-electron chi connectivity index (χ4n) is 2.13. The average Bonchev–Trinajstić information content (AvgIpc) is 2.18. The summed E-state index contributed by atoms with van der Waals surface area (Å²) in [5.74, 6) is 0. The van der Waals surface area contributed by atoms with Crippen molar-refractivity contribution >= 4 is 7.85 Å². The van der Waals surface area contributed by atoms with Gasteiger partial charge in [0.1, 0.15) is 0 Å². The first-order valence-electron chi connectivity index (χ1n) is 6.06. The standard InChI is InChI=1S/C11H24BN3/c1-11(13,4-2-3-5-12)10-15-8-6-14-7-9-15/h14H,2-10,13H2,1H3. The van der Waals surface area contributed by atoms with E-state index in [-0.39, 0.29) is 5.54 Å². The van der Waals surface area contributed by atoms with Crippen molar-refractivity contribution in [2.75, 3.05) is 32.7 Å². The van der Waals surface area contributed by atoms with Crippen molar-refractivity contribution in [3.8, 4) is 0 Å². The van der Waals surface area contributed by atoms with Gasteiger partial charge in [0.25, 0.3) is 0 Å². The Morgan fingerprint density at radius 3 is 2.60 bits per heavy atom. The number of piperazine rings is 1. The maximum Gasteiger partial charge on any atom is 0.0653 e. The smallest absolute Gasteiger partial charge is 0.0653 e. The Morgan fingerprint density at radius 1 is 1.33 bits per heavy atom. The van der Waals surface area contributed by atoms with E-state index < -0.39 is 0 Å². The Balaban J connectivity index is 2.20. The highest BCUT2D eigenvalue weighted by Gasteiger charge is 2.22. The number of nitrogens with zero attached hydrogens (tertiary/aromatic N) is 1. The number of hydrogen-bond donors (Lipinski definition) is 2. The summed E-state index contributed by atoms with van der Waals surface area (Å²) < 4.78 is 0. The molecular formula is C11H24BN3. The molecular weight excluding hydrogens is 185 g/mol. The third kappa shape index (κ3) is 5.54. The van der Waals surface area contributed by atoms with Crippen molar-refractivity contribution in [2.24, 2.45) is 5.73 Å². The average molecular weight is 209 g/mol. The highest BCUT2D eigenvalue weighted by molar-refractivity contribution is 6.08. The Labute approximate surface area is 95.2 Å². The molecule has 86 valence electrons. The molecule has 1 heterocycles. The number of nitrogens with one attached hydrogen (secondary N) is 1. The van der Waals surface area contributed by atoms with E-state index in [1.165, 1.54) is 0 Å². The zero-order valence-corrected chi connectivity index (χ0v) is 9.97. The number of unbranched alkanes of at least 4 members (excludes halogenated alkanes) is 1. The van der Waals surface area contributed by atoms with Gasteiger partial charge in [-0.05, 0) is 13.3 Å². The number of hydrogen-bond acceptors (Lipinski definition) is 3. The summed E-state index contributed by atoms with van der Waals surface area (Å²) in [4.78, 5) is 2.46. The highest BCUT2D eigenvalue weighted by Crippen LogP contribution is 2.13. The Kier molecular flexibility index (Phi) is 5.65. The van der Waals surface area contributed by atoms with Crippen LogP contribution in [0.4, 0.5) is 0 Å². The molecule has 0 amide bonds. The largest absolute Gasteiger partial charge is 0.324 e. The van der Waals surface area contributed by atoms with Gasteiger partial charge in [0, 0.05) is 38.3 Å². The second-order valence-corrected chi connectivity index (χ2v) is 4.93. The van der Waals surface area contributed by atoms with Crippen molar-refractivity contribution in [1.82, 2.24) is 10.2 Å². The van der Waals surface area contributed by atoms with Crippen LogP contribution in [0.5, 0.6) is 0 Å².